The molecule has 2 aromatic rings. The van der Waals surface area contributed by atoms with E-state index in [-0.39, 0.29) is 22.9 Å². The van der Waals surface area contributed by atoms with Crippen molar-refractivity contribution >= 4 is 34.9 Å². The van der Waals surface area contributed by atoms with Crippen LogP contribution < -0.4 is 21.1 Å². The molecule has 0 saturated heterocycles. The summed E-state index contributed by atoms with van der Waals surface area (Å²) in [6.07, 6.45) is 1.75. The maximum Gasteiger partial charge on any atom is 0.268 e. The van der Waals surface area contributed by atoms with Crippen LogP contribution >= 0.6 is 23.3 Å². The molecule has 1 aliphatic rings. The lowest BCUT2D eigenvalue weighted by atomic mass is 10.1. The van der Waals surface area contributed by atoms with Crippen LogP contribution in [-0.4, -0.2) is 27.6 Å². The topological polar surface area (TPSA) is 115 Å². The molecule has 3 rings (SSSR count). The van der Waals surface area contributed by atoms with Gasteiger partial charge in [-0.3, -0.25) is 4.79 Å². The van der Waals surface area contributed by atoms with Crippen molar-refractivity contribution in [2.45, 2.75) is 31.2 Å². The number of rotatable bonds is 7. The maximum atomic E-state index is 14.5. The van der Waals surface area contributed by atoms with E-state index in [0.717, 1.165) is 35.4 Å². The van der Waals surface area contributed by atoms with Crippen LogP contribution in [0.15, 0.2) is 35.1 Å². The van der Waals surface area contributed by atoms with E-state index in [0.29, 0.717) is 17.2 Å². The van der Waals surface area contributed by atoms with Crippen LogP contribution in [0.5, 0.6) is 5.06 Å². The maximum absolute atomic E-state index is 14.5. The van der Waals surface area contributed by atoms with Gasteiger partial charge in [-0.1, -0.05) is 17.8 Å². The summed E-state index contributed by atoms with van der Waals surface area (Å²) in [5, 5.41) is 9.20. The quantitative estimate of drug-likeness (QED) is 0.604. The molecule has 7 nitrogen and oxygen atoms in total. The van der Waals surface area contributed by atoms with Gasteiger partial charge in [-0.05, 0) is 26.0 Å². The molecule has 156 valence electrons. The molecule has 1 aromatic carbocycles. The summed E-state index contributed by atoms with van der Waals surface area (Å²) in [6.45, 7) is 3.46. The minimum absolute atomic E-state index is 0.0406. The normalized spacial score (nSPS) is 17.1. The molecule has 29 heavy (non-hydrogen) atoms. The Balaban J connectivity index is 2.01. The first-order valence-corrected chi connectivity index (χ1v) is 10.2. The fraction of sp³-hybridized carbons (Fsp3) is 0.333. The lowest BCUT2D eigenvalue weighted by Crippen LogP contribution is -2.32. The summed E-state index contributed by atoms with van der Waals surface area (Å²) in [7, 11) is 0. The Hall–Kier alpha value is -2.37. The van der Waals surface area contributed by atoms with Crippen molar-refractivity contribution in [1.29, 1.82) is 0 Å². The van der Waals surface area contributed by atoms with Crippen LogP contribution in [0.25, 0.3) is 0 Å². The van der Waals surface area contributed by atoms with Gasteiger partial charge in [0.05, 0.1) is 29.0 Å². The number of thioether (sulfide) groups is 1. The van der Waals surface area contributed by atoms with E-state index >= 15 is 0 Å². The van der Waals surface area contributed by atoms with Crippen molar-refractivity contribution in [3.8, 4) is 5.06 Å². The van der Waals surface area contributed by atoms with Crippen LogP contribution in [0, 0.1) is 11.6 Å². The van der Waals surface area contributed by atoms with E-state index in [1.807, 2.05) is 0 Å². The number of hydrogen-bond acceptors (Lipinski definition) is 8. The predicted octanol–water partition coefficient (Wildman–Crippen LogP) is 2.83. The smallest absolute Gasteiger partial charge is 0.268 e. The summed E-state index contributed by atoms with van der Waals surface area (Å²) in [5.74, 6) is -2.40. The van der Waals surface area contributed by atoms with Crippen molar-refractivity contribution in [2.75, 3.05) is 11.5 Å². The lowest BCUT2D eigenvalue weighted by molar-refractivity contribution is -0.114. The van der Waals surface area contributed by atoms with Crippen LogP contribution in [0.4, 0.5) is 14.5 Å². The molecule has 5 N–H and O–H groups in total. The first kappa shape index (κ1) is 21.3. The van der Waals surface area contributed by atoms with E-state index < -0.39 is 28.5 Å². The third-order valence-corrected chi connectivity index (χ3v) is 5.97. The fourth-order valence-corrected chi connectivity index (χ4v) is 4.61. The molecule has 1 aliphatic heterocycles. The van der Waals surface area contributed by atoms with Crippen LogP contribution in [0.2, 0.25) is 0 Å². The molecule has 1 aromatic heterocycles. The number of primary amides is 1. The minimum atomic E-state index is -1.01. The highest BCUT2D eigenvalue weighted by atomic mass is 32.2. The highest BCUT2D eigenvalue weighted by Crippen LogP contribution is 2.52. The first-order chi connectivity index (χ1) is 13.6. The summed E-state index contributed by atoms with van der Waals surface area (Å²) in [5.41, 5.74) is 10.5. The zero-order valence-corrected chi connectivity index (χ0v) is 17.3. The number of carbonyl (C=O) groups excluding carboxylic acids is 1. The van der Waals surface area contributed by atoms with E-state index in [9.17, 15) is 18.7 Å². The SMILES string of the molecule is CC(C)(O)CCOc1sncc1N1C(C(N)=O)=C(N)SC1c1c(F)cccc1F. The highest BCUT2D eigenvalue weighted by molar-refractivity contribution is 8.03. The first-order valence-electron chi connectivity index (χ1n) is 8.59. The van der Waals surface area contributed by atoms with E-state index in [2.05, 4.69) is 4.37 Å². The van der Waals surface area contributed by atoms with Crippen LogP contribution in [0.1, 0.15) is 31.2 Å². The van der Waals surface area contributed by atoms with Gasteiger partial charge in [0.25, 0.3) is 5.91 Å². The van der Waals surface area contributed by atoms with Crippen molar-refractivity contribution < 1.29 is 23.4 Å². The average molecular weight is 443 g/mol. The molecule has 0 radical (unpaired) electrons. The van der Waals surface area contributed by atoms with Crippen LogP contribution in [0.3, 0.4) is 0 Å². The Bertz CT molecular complexity index is 939. The minimum Gasteiger partial charge on any atom is -0.481 e. The number of hydrogen-bond donors (Lipinski definition) is 3. The molecule has 0 aliphatic carbocycles. The average Bonchev–Trinajstić information content (AvgIpc) is 3.17. The molecule has 0 bridgehead atoms. The summed E-state index contributed by atoms with van der Waals surface area (Å²) < 4.78 is 38.7. The van der Waals surface area contributed by atoms with Gasteiger partial charge in [-0.2, -0.15) is 4.37 Å². The molecule has 1 amide bonds. The number of halogens is 2. The van der Waals surface area contributed by atoms with Crippen molar-refractivity contribution in [3.05, 3.63) is 52.3 Å². The number of amides is 1. The highest BCUT2D eigenvalue weighted by Gasteiger charge is 2.41. The number of aromatic nitrogens is 1. The Kier molecular flexibility index (Phi) is 6.01. The number of anilines is 1. The molecular weight excluding hydrogens is 422 g/mol. The third kappa shape index (κ3) is 4.46. The van der Waals surface area contributed by atoms with E-state index in [1.165, 1.54) is 17.2 Å². The molecule has 1 unspecified atom stereocenters. The molecule has 0 spiro atoms. The molecular formula is C18H20F2N4O3S2. The van der Waals surface area contributed by atoms with Crippen LogP contribution in [-0.2, 0) is 4.79 Å². The second kappa shape index (κ2) is 8.17. The van der Waals surface area contributed by atoms with Gasteiger partial charge in [0.2, 0.25) is 5.06 Å². The van der Waals surface area contributed by atoms with Gasteiger partial charge in [-0.25, -0.2) is 8.78 Å². The van der Waals surface area contributed by atoms with Crippen molar-refractivity contribution in [2.24, 2.45) is 11.5 Å². The molecule has 2 heterocycles. The second-order valence-electron chi connectivity index (χ2n) is 6.96. The molecule has 0 fully saturated rings. The van der Waals surface area contributed by atoms with E-state index in [4.69, 9.17) is 16.2 Å². The van der Waals surface area contributed by atoms with Crippen molar-refractivity contribution in [3.63, 3.8) is 0 Å². The fourth-order valence-electron chi connectivity index (χ4n) is 2.76. The number of nitrogens with zero attached hydrogens (tertiary/aromatic N) is 2. The zero-order valence-electron chi connectivity index (χ0n) is 15.7. The monoisotopic (exact) mass is 442 g/mol. The number of ether oxygens (including phenoxy) is 1. The van der Waals surface area contributed by atoms with Gasteiger partial charge in [0, 0.05) is 18.0 Å². The van der Waals surface area contributed by atoms with Gasteiger partial charge in [0.1, 0.15) is 28.4 Å². The number of nitrogens with two attached hydrogens (primary N) is 2. The second-order valence-corrected chi connectivity index (χ2v) is 8.85. The van der Waals surface area contributed by atoms with Gasteiger partial charge >= 0.3 is 0 Å². The largest absolute Gasteiger partial charge is 0.481 e. The third-order valence-electron chi connectivity index (χ3n) is 4.15. The number of carbonyl (C=O) groups is 1. The Morgan fingerprint density at radius 2 is 2.03 bits per heavy atom. The molecule has 11 heteroatoms. The lowest BCUT2D eigenvalue weighted by Gasteiger charge is -2.28. The zero-order chi connectivity index (χ0) is 21.3. The number of aliphatic hydroxyl groups is 1. The number of benzene rings is 1. The summed E-state index contributed by atoms with van der Waals surface area (Å²) >= 11 is 1.91. The summed E-state index contributed by atoms with van der Waals surface area (Å²) in [6, 6.07) is 3.51. The molecule has 0 saturated carbocycles. The van der Waals surface area contributed by atoms with Gasteiger partial charge in [-0.15, -0.1) is 0 Å². The van der Waals surface area contributed by atoms with Gasteiger partial charge in [0.15, 0.2) is 0 Å². The Morgan fingerprint density at radius 3 is 2.62 bits per heavy atom. The standard InChI is InChI=1S/C18H20F2N4O3S2/c1-18(2,26)6-7-27-17-11(8-23-29-17)24-13(14(21)25)15(22)28-16(24)12-9(19)4-3-5-10(12)20/h3-5,8,16,26H,6-7,22H2,1-2H3,(H2,21,25). The molecule has 1 atom stereocenters. The van der Waals surface area contributed by atoms with Crippen molar-refractivity contribution in [1.82, 2.24) is 4.37 Å². The van der Waals surface area contributed by atoms with Gasteiger partial charge < -0.3 is 26.2 Å². The predicted molar refractivity (Wildman–Crippen MR) is 108 cm³/mol. The Labute approximate surface area is 174 Å². The Morgan fingerprint density at radius 1 is 1.38 bits per heavy atom. The van der Waals surface area contributed by atoms with E-state index in [1.54, 1.807) is 13.8 Å². The summed E-state index contributed by atoms with van der Waals surface area (Å²) in [4.78, 5) is 13.4.